The van der Waals surface area contributed by atoms with E-state index in [0.717, 1.165) is 37.1 Å². The Labute approximate surface area is 111 Å². The fourth-order valence-electron chi connectivity index (χ4n) is 2.61. The number of pyridine rings is 1. The fraction of sp³-hybridized carbons (Fsp3) is 0.500. The van der Waals surface area contributed by atoms with Crippen molar-refractivity contribution in [3.63, 3.8) is 0 Å². The average molecular weight is 259 g/mol. The van der Waals surface area contributed by atoms with Gasteiger partial charge in [-0.05, 0) is 43.7 Å². The first-order chi connectivity index (χ1) is 9.36. The number of rotatable bonds is 3. The quantitative estimate of drug-likeness (QED) is 0.916. The average Bonchev–Trinajstić information content (AvgIpc) is 2.98. The smallest absolute Gasteiger partial charge is 0.230 e. The van der Waals surface area contributed by atoms with Gasteiger partial charge < -0.3 is 9.63 Å². The van der Waals surface area contributed by atoms with E-state index in [1.54, 1.807) is 12.4 Å². The van der Waals surface area contributed by atoms with Gasteiger partial charge in [-0.3, -0.25) is 4.98 Å². The Morgan fingerprint density at radius 3 is 2.58 bits per heavy atom. The molecule has 1 fully saturated rings. The molecule has 0 saturated heterocycles. The van der Waals surface area contributed by atoms with E-state index in [-0.39, 0.29) is 0 Å². The monoisotopic (exact) mass is 259 g/mol. The summed E-state index contributed by atoms with van der Waals surface area (Å²) in [4.78, 5) is 8.46. The number of aromatic nitrogens is 3. The van der Waals surface area contributed by atoms with E-state index in [9.17, 15) is 0 Å². The molecular formula is C14H17N3O2. The van der Waals surface area contributed by atoms with E-state index >= 15 is 0 Å². The normalized spacial score (nSPS) is 23.4. The molecule has 5 heteroatoms. The summed E-state index contributed by atoms with van der Waals surface area (Å²) in [5, 5.41) is 13.2. The minimum absolute atomic E-state index is 0.290. The highest BCUT2D eigenvalue weighted by Crippen LogP contribution is 2.35. The first kappa shape index (κ1) is 12.3. The summed E-state index contributed by atoms with van der Waals surface area (Å²) in [7, 11) is 0. The Morgan fingerprint density at radius 2 is 1.89 bits per heavy atom. The maximum absolute atomic E-state index is 9.14. The third-order valence-electron chi connectivity index (χ3n) is 3.83. The second-order valence-corrected chi connectivity index (χ2v) is 5.09. The van der Waals surface area contributed by atoms with Crippen molar-refractivity contribution >= 4 is 0 Å². The second kappa shape index (κ2) is 5.48. The van der Waals surface area contributed by atoms with Crippen molar-refractivity contribution in [1.29, 1.82) is 0 Å². The maximum atomic E-state index is 9.14. The van der Waals surface area contributed by atoms with Gasteiger partial charge in [-0.25, -0.2) is 0 Å². The van der Waals surface area contributed by atoms with Crippen molar-refractivity contribution in [3.8, 4) is 11.4 Å². The van der Waals surface area contributed by atoms with Gasteiger partial charge >= 0.3 is 0 Å². The van der Waals surface area contributed by atoms with Gasteiger partial charge in [0.15, 0.2) is 0 Å². The van der Waals surface area contributed by atoms with Crippen LogP contribution < -0.4 is 0 Å². The van der Waals surface area contributed by atoms with Crippen LogP contribution in [0.15, 0.2) is 29.0 Å². The fourth-order valence-corrected chi connectivity index (χ4v) is 2.61. The first-order valence-electron chi connectivity index (χ1n) is 6.71. The lowest BCUT2D eigenvalue weighted by Gasteiger charge is -2.24. The Morgan fingerprint density at radius 1 is 1.16 bits per heavy atom. The van der Waals surface area contributed by atoms with Crippen LogP contribution >= 0.6 is 0 Å². The second-order valence-electron chi connectivity index (χ2n) is 5.09. The Hall–Kier alpha value is -1.75. The molecule has 0 radical (unpaired) electrons. The predicted octanol–water partition coefficient (Wildman–Crippen LogP) is 2.40. The van der Waals surface area contributed by atoms with Gasteiger partial charge in [-0.15, -0.1) is 0 Å². The molecule has 0 aliphatic heterocycles. The van der Waals surface area contributed by atoms with E-state index < -0.39 is 0 Å². The molecule has 1 aliphatic rings. The molecule has 1 aliphatic carbocycles. The van der Waals surface area contributed by atoms with Crippen LogP contribution in [0.25, 0.3) is 11.4 Å². The van der Waals surface area contributed by atoms with Gasteiger partial charge in [0, 0.05) is 30.5 Å². The van der Waals surface area contributed by atoms with Crippen LogP contribution in [-0.4, -0.2) is 26.8 Å². The molecular weight excluding hydrogens is 242 g/mol. The van der Waals surface area contributed by atoms with Crippen molar-refractivity contribution in [2.24, 2.45) is 5.92 Å². The van der Waals surface area contributed by atoms with Crippen LogP contribution in [0.4, 0.5) is 0 Å². The van der Waals surface area contributed by atoms with Gasteiger partial charge in [0.1, 0.15) is 0 Å². The zero-order chi connectivity index (χ0) is 13.1. The van der Waals surface area contributed by atoms with Gasteiger partial charge in [-0.1, -0.05) is 5.16 Å². The molecule has 2 aromatic heterocycles. The van der Waals surface area contributed by atoms with Gasteiger partial charge in [0.05, 0.1) is 0 Å². The molecule has 2 aromatic rings. The molecule has 0 spiro atoms. The van der Waals surface area contributed by atoms with E-state index in [2.05, 4.69) is 15.1 Å². The summed E-state index contributed by atoms with van der Waals surface area (Å²) in [5.74, 6) is 2.13. The number of nitrogens with zero attached hydrogens (tertiary/aromatic N) is 3. The molecule has 0 unspecified atom stereocenters. The predicted molar refractivity (Wildman–Crippen MR) is 69.3 cm³/mol. The molecule has 1 saturated carbocycles. The molecule has 0 atom stereocenters. The zero-order valence-electron chi connectivity index (χ0n) is 10.7. The third-order valence-corrected chi connectivity index (χ3v) is 3.83. The first-order valence-corrected chi connectivity index (χ1v) is 6.71. The van der Waals surface area contributed by atoms with Gasteiger partial charge in [0.2, 0.25) is 11.7 Å². The Bertz CT molecular complexity index is 518. The lowest BCUT2D eigenvalue weighted by Crippen LogP contribution is -2.16. The number of hydrogen-bond acceptors (Lipinski definition) is 5. The molecule has 0 bridgehead atoms. The lowest BCUT2D eigenvalue weighted by molar-refractivity contribution is 0.174. The summed E-state index contributed by atoms with van der Waals surface area (Å²) < 4.78 is 5.38. The zero-order valence-corrected chi connectivity index (χ0v) is 10.7. The van der Waals surface area contributed by atoms with Crippen molar-refractivity contribution in [2.75, 3.05) is 6.61 Å². The number of hydrogen-bond donors (Lipinski definition) is 1. The summed E-state index contributed by atoms with van der Waals surface area (Å²) in [6, 6.07) is 3.74. The molecule has 5 nitrogen and oxygen atoms in total. The molecule has 0 aromatic carbocycles. The van der Waals surface area contributed by atoms with Crippen LogP contribution in [0.1, 0.15) is 37.5 Å². The molecule has 0 amide bonds. The van der Waals surface area contributed by atoms with Crippen molar-refractivity contribution in [1.82, 2.24) is 15.1 Å². The van der Waals surface area contributed by atoms with Crippen LogP contribution in [0, 0.1) is 5.92 Å². The minimum atomic E-state index is 0.290. The van der Waals surface area contributed by atoms with Crippen LogP contribution in [0.2, 0.25) is 0 Å². The summed E-state index contributed by atoms with van der Waals surface area (Å²) >= 11 is 0. The largest absolute Gasteiger partial charge is 0.396 e. The standard InChI is InChI=1S/C14H17N3O2/c18-9-10-1-3-12(4-2-10)14-16-13(17-19-14)11-5-7-15-8-6-11/h5-8,10,12,18H,1-4,9H2. The molecule has 1 N–H and O–H groups in total. The van der Waals surface area contributed by atoms with Crippen LogP contribution in [0.5, 0.6) is 0 Å². The van der Waals surface area contributed by atoms with E-state index in [0.29, 0.717) is 24.3 Å². The maximum Gasteiger partial charge on any atom is 0.230 e. The van der Waals surface area contributed by atoms with Crippen molar-refractivity contribution < 1.29 is 9.63 Å². The summed E-state index contributed by atoms with van der Waals surface area (Å²) in [5.41, 5.74) is 0.925. The van der Waals surface area contributed by atoms with Crippen LogP contribution in [-0.2, 0) is 0 Å². The molecule has 100 valence electrons. The molecule has 19 heavy (non-hydrogen) atoms. The highest BCUT2D eigenvalue weighted by molar-refractivity contribution is 5.52. The summed E-state index contributed by atoms with van der Waals surface area (Å²) in [6.07, 6.45) is 7.55. The van der Waals surface area contributed by atoms with Crippen LogP contribution in [0.3, 0.4) is 0 Å². The van der Waals surface area contributed by atoms with Gasteiger partial charge in [-0.2, -0.15) is 4.98 Å². The SMILES string of the molecule is OCC1CCC(c2nc(-c3ccncc3)no2)CC1. The molecule has 3 rings (SSSR count). The lowest BCUT2D eigenvalue weighted by atomic mass is 9.82. The number of aliphatic hydroxyl groups is 1. The highest BCUT2D eigenvalue weighted by atomic mass is 16.5. The third kappa shape index (κ3) is 2.66. The Kier molecular flexibility index (Phi) is 3.55. The van der Waals surface area contributed by atoms with Gasteiger partial charge in [0.25, 0.3) is 0 Å². The number of aliphatic hydroxyl groups excluding tert-OH is 1. The van der Waals surface area contributed by atoms with E-state index in [1.165, 1.54) is 0 Å². The van der Waals surface area contributed by atoms with Crippen molar-refractivity contribution in [2.45, 2.75) is 31.6 Å². The highest BCUT2D eigenvalue weighted by Gasteiger charge is 2.26. The van der Waals surface area contributed by atoms with E-state index in [4.69, 9.17) is 9.63 Å². The van der Waals surface area contributed by atoms with E-state index in [1.807, 2.05) is 12.1 Å². The van der Waals surface area contributed by atoms with Crippen molar-refractivity contribution in [3.05, 3.63) is 30.4 Å². The minimum Gasteiger partial charge on any atom is -0.396 e. The molecule has 2 heterocycles. The Balaban J connectivity index is 1.72. The summed E-state index contributed by atoms with van der Waals surface area (Å²) in [6.45, 7) is 0.290. The topological polar surface area (TPSA) is 72.0 Å².